The number of unbranched alkanes of at least 4 members (excludes halogenated alkanes) is 6. The second-order valence-electron chi connectivity index (χ2n) is 10.6. The Morgan fingerprint density at radius 3 is 1.62 bits per heavy atom. The monoisotopic (exact) mass is 528 g/mol. The van der Waals surface area contributed by atoms with Crippen LogP contribution in [0, 0.1) is 0 Å². The zero-order valence-electron chi connectivity index (χ0n) is 24.5. The van der Waals surface area contributed by atoms with Crippen LogP contribution in [0.2, 0.25) is 0 Å². The van der Waals surface area contributed by atoms with E-state index in [1.54, 1.807) is 0 Å². The van der Waals surface area contributed by atoms with Gasteiger partial charge in [-0.25, -0.2) is 0 Å². The lowest BCUT2D eigenvalue weighted by molar-refractivity contribution is 0.206. The molecule has 0 saturated heterocycles. The Kier molecular flexibility index (Phi) is 13.5. The lowest BCUT2D eigenvalue weighted by Crippen LogP contribution is -2.11. The highest BCUT2D eigenvalue weighted by molar-refractivity contribution is 5.72. The number of nitrogens with one attached hydrogen (secondary N) is 1. The molecular formula is C35H48N2O2. The Morgan fingerprint density at radius 1 is 0.641 bits per heavy atom. The summed E-state index contributed by atoms with van der Waals surface area (Å²) in [6.07, 6.45) is 21.1. The fourth-order valence-corrected chi connectivity index (χ4v) is 4.51. The molecule has 1 heterocycles. The predicted octanol–water partition coefficient (Wildman–Crippen LogP) is 10.2. The average molecular weight is 529 g/mol. The molecule has 2 unspecified atom stereocenters. The summed E-state index contributed by atoms with van der Waals surface area (Å²) in [7, 11) is 0. The number of hydrogen-bond donors (Lipinski definition) is 1. The van der Waals surface area contributed by atoms with Gasteiger partial charge >= 0.3 is 0 Å². The van der Waals surface area contributed by atoms with Crippen LogP contribution in [0.4, 0.5) is 0 Å². The maximum Gasteiger partial charge on any atom is 0.119 e. The minimum absolute atomic E-state index is 0.249. The molecule has 0 fully saturated rings. The van der Waals surface area contributed by atoms with Gasteiger partial charge in [0.05, 0.1) is 23.6 Å². The van der Waals surface area contributed by atoms with E-state index in [0.717, 1.165) is 46.9 Å². The van der Waals surface area contributed by atoms with Gasteiger partial charge in [-0.1, -0.05) is 88.8 Å². The molecule has 4 nitrogen and oxygen atoms in total. The average Bonchev–Trinajstić information content (AvgIpc) is 3.41. The van der Waals surface area contributed by atoms with E-state index < -0.39 is 0 Å². The Labute approximate surface area is 236 Å². The van der Waals surface area contributed by atoms with Crippen molar-refractivity contribution in [3.8, 4) is 11.5 Å². The Bertz CT molecular complexity index is 1020. The van der Waals surface area contributed by atoms with E-state index in [1.165, 1.54) is 51.4 Å². The molecule has 39 heavy (non-hydrogen) atoms. The standard InChI is InChI=1S/C35H48N2O2/c1-5-7-9-11-13-28(3)38-34-23-17-30(18-24-34)15-21-32-27-33(37-36-32)22-16-31-19-25-35(26-20-31)39-29(4)14-12-10-8-6-2/h15-29H,5-14H2,1-4H3,(H,36,37)/b21-15+,22-16+. The molecule has 3 aromatic rings. The summed E-state index contributed by atoms with van der Waals surface area (Å²) in [5, 5.41) is 7.52. The van der Waals surface area contributed by atoms with Crippen molar-refractivity contribution in [3.63, 3.8) is 0 Å². The van der Waals surface area contributed by atoms with Crippen molar-refractivity contribution in [1.29, 1.82) is 0 Å². The van der Waals surface area contributed by atoms with Crippen LogP contribution in [0.5, 0.6) is 11.5 Å². The summed E-state index contributed by atoms with van der Waals surface area (Å²) in [6, 6.07) is 18.6. The minimum Gasteiger partial charge on any atom is -0.491 e. The molecular weight excluding hydrogens is 480 g/mol. The van der Waals surface area contributed by atoms with Gasteiger partial charge in [0, 0.05) is 0 Å². The maximum absolute atomic E-state index is 6.07. The van der Waals surface area contributed by atoms with E-state index in [0.29, 0.717) is 0 Å². The van der Waals surface area contributed by atoms with Crippen LogP contribution >= 0.6 is 0 Å². The highest BCUT2D eigenvalue weighted by Crippen LogP contribution is 2.20. The van der Waals surface area contributed by atoms with Gasteiger partial charge in [-0.05, 0) is 93.1 Å². The summed E-state index contributed by atoms with van der Waals surface area (Å²) in [5.74, 6) is 1.86. The molecule has 0 saturated carbocycles. The molecule has 0 radical (unpaired) electrons. The number of aromatic nitrogens is 2. The van der Waals surface area contributed by atoms with E-state index in [2.05, 4.69) is 74.3 Å². The molecule has 210 valence electrons. The van der Waals surface area contributed by atoms with Crippen molar-refractivity contribution in [2.45, 2.75) is 104 Å². The lowest BCUT2D eigenvalue weighted by atomic mass is 10.1. The van der Waals surface area contributed by atoms with Gasteiger partial charge in [0.15, 0.2) is 0 Å². The number of benzene rings is 2. The van der Waals surface area contributed by atoms with E-state index in [1.807, 2.05) is 42.5 Å². The molecule has 3 rings (SSSR count). The number of nitrogens with zero attached hydrogens (tertiary/aromatic N) is 1. The summed E-state index contributed by atoms with van der Waals surface area (Å²) in [4.78, 5) is 0. The van der Waals surface area contributed by atoms with Gasteiger partial charge < -0.3 is 9.47 Å². The van der Waals surface area contributed by atoms with Crippen molar-refractivity contribution >= 4 is 24.3 Å². The molecule has 0 spiro atoms. The van der Waals surface area contributed by atoms with Crippen LogP contribution in [0.3, 0.4) is 0 Å². The molecule has 2 aromatic carbocycles. The van der Waals surface area contributed by atoms with Crippen LogP contribution in [-0.4, -0.2) is 22.4 Å². The molecule has 4 heteroatoms. The molecule has 0 bridgehead atoms. The first-order chi connectivity index (χ1) is 19.1. The van der Waals surface area contributed by atoms with E-state index in [4.69, 9.17) is 9.47 Å². The summed E-state index contributed by atoms with van der Waals surface area (Å²) < 4.78 is 12.1. The van der Waals surface area contributed by atoms with Gasteiger partial charge in [0.25, 0.3) is 0 Å². The Balaban J connectivity index is 1.44. The fraction of sp³-hybridized carbons (Fsp3) is 0.457. The van der Waals surface area contributed by atoms with Crippen molar-refractivity contribution in [1.82, 2.24) is 10.2 Å². The van der Waals surface area contributed by atoms with Crippen molar-refractivity contribution < 1.29 is 9.47 Å². The smallest absolute Gasteiger partial charge is 0.119 e. The molecule has 0 aliphatic rings. The third kappa shape index (κ3) is 12.0. The van der Waals surface area contributed by atoms with Gasteiger partial charge in [0.1, 0.15) is 11.5 Å². The Hall–Kier alpha value is -3.27. The van der Waals surface area contributed by atoms with Crippen molar-refractivity contribution in [2.75, 3.05) is 0 Å². The summed E-state index contributed by atoms with van der Waals surface area (Å²) >= 11 is 0. The third-order valence-electron chi connectivity index (χ3n) is 6.88. The van der Waals surface area contributed by atoms with Crippen molar-refractivity contribution in [3.05, 3.63) is 77.1 Å². The van der Waals surface area contributed by atoms with Crippen LogP contribution in [0.25, 0.3) is 24.3 Å². The van der Waals surface area contributed by atoms with E-state index in [9.17, 15) is 0 Å². The van der Waals surface area contributed by atoms with Crippen LogP contribution in [0.1, 0.15) is 114 Å². The zero-order chi connectivity index (χ0) is 27.7. The first kappa shape index (κ1) is 30.3. The van der Waals surface area contributed by atoms with Gasteiger partial charge in [-0.2, -0.15) is 5.10 Å². The molecule has 0 aliphatic heterocycles. The van der Waals surface area contributed by atoms with Crippen LogP contribution in [-0.2, 0) is 0 Å². The fourth-order valence-electron chi connectivity index (χ4n) is 4.51. The van der Waals surface area contributed by atoms with Gasteiger partial charge in [-0.3, -0.25) is 5.10 Å². The number of H-pyrrole nitrogens is 1. The highest BCUT2D eigenvalue weighted by atomic mass is 16.5. The number of hydrogen-bond acceptors (Lipinski definition) is 3. The summed E-state index contributed by atoms with van der Waals surface area (Å²) in [6.45, 7) is 8.80. The second kappa shape index (κ2) is 17.3. The van der Waals surface area contributed by atoms with Crippen molar-refractivity contribution in [2.24, 2.45) is 0 Å². The first-order valence-electron chi connectivity index (χ1n) is 15.0. The normalized spacial score (nSPS) is 13.2. The lowest BCUT2D eigenvalue weighted by Gasteiger charge is -2.14. The predicted molar refractivity (Wildman–Crippen MR) is 167 cm³/mol. The maximum atomic E-state index is 6.07. The SMILES string of the molecule is CCCCCCC(C)Oc1ccc(/C=C/c2cc(/C=C/c3ccc(OC(C)CCCCCC)cc3)[nH]n2)cc1. The molecule has 0 amide bonds. The topological polar surface area (TPSA) is 47.1 Å². The third-order valence-corrected chi connectivity index (χ3v) is 6.88. The quantitative estimate of drug-likeness (QED) is 0.167. The largest absolute Gasteiger partial charge is 0.491 e. The first-order valence-corrected chi connectivity index (χ1v) is 15.0. The van der Waals surface area contributed by atoms with E-state index in [-0.39, 0.29) is 12.2 Å². The number of ether oxygens (including phenoxy) is 2. The minimum atomic E-state index is 0.249. The summed E-state index contributed by atoms with van der Waals surface area (Å²) in [5.41, 5.74) is 4.11. The zero-order valence-corrected chi connectivity index (χ0v) is 24.5. The van der Waals surface area contributed by atoms with Gasteiger partial charge in [0.2, 0.25) is 0 Å². The molecule has 0 aliphatic carbocycles. The Morgan fingerprint density at radius 2 is 1.13 bits per heavy atom. The van der Waals surface area contributed by atoms with E-state index >= 15 is 0 Å². The molecule has 2 atom stereocenters. The van der Waals surface area contributed by atoms with Crippen LogP contribution < -0.4 is 9.47 Å². The second-order valence-corrected chi connectivity index (χ2v) is 10.6. The highest BCUT2D eigenvalue weighted by Gasteiger charge is 2.05. The number of rotatable bonds is 18. The molecule has 1 N–H and O–H groups in total. The van der Waals surface area contributed by atoms with Crippen LogP contribution in [0.15, 0.2) is 54.6 Å². The number of aromatic amines is 1. The van der Waals surface area contributed by atoms with Gasteiger partial charge in [-0.15, -0.1) is 0 Å². The molecule has 1 aromatic heterocycles.